The van der Waals surface area contributed by atoms with Gasteiger partial charge < -0.3 is 5.32 Å². The first-order valence-corrected chi connectivity index (χ1v) is 9.21. The summed E-state index contributed by atoms with van der Waals surface area (Å²) in [6, 6.07) is 0.651. The predicted octanol–water partition coefficient (Wildman–Crippen LogP) is 5.67. The molecule has 124 valence electrons. The second-order valence-electron chi connectivity index (χ2n) is 8.21. The fourth-order valence-electron chi connectivity index (χ4n) is 3.82. The molecule has 0 spiro atoms. The lowest BCUT2D eigenvalue weighted by Crippen LogP contribution is -2.44. The average Bonchev–Trinajstić information content (AvgIpc) is 2.56. The molecule has 0 radical (unpaired) electrons. The summed E-state index contributed by atoms with van der Waals surface area (Å²) in [7, 11) is 0. The van der Waals surface area contributed by atoms with Gasteiger partial charge in [-0.3, -0.25) is 0 Å². The van der Waals surface area contributed by atoms with Crippen LogP contribution in [-0.4, -0.2) is 12.6 Å². The summed E-state index contributed by atoms with van der Waals surface area (Å²) in [5.74, 6) is 3.11. The Morgan fingerprint density at radius 3 is 2.33 bits per heavy atom. The van der Waals surface area contributed by atoms with Gasteiger partial charge in [0.1, 0.15) is 0 Å². The largest absolute Gasteiger partial charge is 0.310 e. The van der Waals surface area contributed by atoms with Gasteiger partial charge in [0.25, 0.3) is 0 Å². The maximum atomic E-state index is 3.83. The Labute approximate surface area is 134 Å². The normalized spacial score (nSPS) is 31.3. The summed E-state index contributed by atoms with van der Waals surface area (Å²) < 4.78 is 0. The average molecular weight is 294 g/mol. The van der Waals surface area contributed by atoms with Crippen LogP contribution in [-0.2, 0) is 0 Å². The summed E-state index contributed by atoms with van der Waals surface area (Å²) in [5, 5.41) is 3.83. The Kier molecular flexibility index (Phi) is 7.47. The van der Waals surface area contributed by atoms with Gasteiger partial charge in [0, 0.05) is 12.6 Å². The van der Waals surface area contributed by atoms with E-state index in [1.54, 1.807) is 0 Å². The van der Waals surface area contributed by atoms with E-state index in [9.17, 15) is 0 Å². The van der Waals surface area contributed by atoms with Gasteiger partial charge in [-0.1, -0.05) is 73.5 Å². The van der Waals surface area contributed by atoms with Gasteiger partial charge in [0.05, 0.1) is 0 Å². The molecule has 21 heavy (non-hydrogen) atoms. The molecule has 0 aromatic heterocycles. The van der Waals surface area contributed by atoms with Gasteiger partial charge in [-0.05, 0) is 41.9 Å². The third-order valence-electron chi connectivity index (χ3n) is 6.19. The molecule has 1 aliphatic rings. The van der Waals surface area contributed by atoms with E-state index >= 15 is 0 Å². The lowest BCUT2D eigenvalue weighted by molar-refractivity contribution is 0.115. The summed E-state index contributed by atoms with van der Waals surface area (Å²) in [4.78, 5) is 0. The second kappa shape index (κ2) is 8.36. The van der Waals surface area contributed by atoms with Crippen LogP contribution < -0.4 is 5.32 Å². The van der Waals surface area contributed by atoms with Crippen molar-refractivity contribution < 1.29 is 0 Å². The van der Waals surface area contributed by atoms with Crippen molar-refractivity contribution in [1.29, 1.82) is 0 Å². The van der Waals surface area contributed by atoms with Gasteiger partial charge in [-0.2, -0.15) is 0 Å². The topological polar surface area (TPSA) is 12.0 Å². The van der Waals surface area contributed by atoms with E-state index in [-0.39, 0.29) is 0 Å². The zero-order valence-electron chi connectivity index (χ0n) is 15.6. The Morgan fingerprint density at radius 2 is 1.81 bits per heavy atom. The molecule has 0 fully saturated rings. The summed E-state index contributed by atoms with van der Waals surface area (Å²) >= 11 is 0. The van der Waals surface area contributed by atoms with Crippen LogP contribution >= 0.6 is 0 Å². The van der Waals surface area contributed by atoms with E-state index in [2.05, 4.69) is 65.9 Å². The van der Waals surface area contributed by atoms with Crippen LogP contribution in [0.3, 0.4) is 0 Å². The smallest absolute Gasteiger partial charge is 0.0137 e. The minimum Gasteiger partial charge on any atom is -0.310 e. The van der Waals surface area contributed by atoms with E-state index in [1.807, 2.05) is 0 Å². The van der Waals surface area contributed by atoms with Crippen LogP contribution in [0, 0.1) is 29.1 Å². The van der Waals surface area contributed by atoms with Crippen LogP contribution in [0.25, 0.3) is 0 Å². The van der Waals surface area contributed by atoms with Gasteiger partial charge in [0.2, 0.25) is 0 Å². The number of hydrogen-bond acceptors (Lipinski definition) is 1. The molecule has 1 heteroatoms. The fourth-order valence-corrected chi connectivity index (χ4v) is 3.82. The van der Waals surface area contributed by atoms with Crippen LogP contribution in [0.15, 0.2) is 12.2 Å². The van der Waals surface area contributed by atoms with Crippen molar-refractivity contribution in [1.82, 2.24) is 5.32 Å². The third kappa shape index (κ3) is 5.13. The number of allylic oxidation sites excluding steroid dienone is 1. The molecule has 1 aliphatic heterocycles. The van der Waals surface area contributed by atoms with E-state index < -0.39 is 0 Å². The highest BCUT2D eigenvalue weighted by Crippen LogP contribution is 2.41. The lowest BCUT2D eigenvalue weighted by Gasteiger charge is -2.41. The van der Waals surface area contributed by atoms with Gasteiger partial charge in [-0.15, -0.1) is 0 Å². The quantitative estimate of drug-likeness (QED) is 0.644. The minimum absolute atomic E-state index is 0.446. The van der Waals surface area contributed by atoms with Gasteiger partial charge >= 0.3 is 0 Å². The second-order valence-corrected chi connectivity index (χ2v) is 8.21. The zero-order valence-corrected chi connectivity index (χ0v) is 15.6. The number of rotatable bonds is 5. The van der Waals surface area contributed by atoms with Crippen molar-refractivity contribution in [3.05, 3.63) is 12.2 Å². The van der Waals surface area contributed by atoms with Crippen molar-refractivity contribution in [3.63, 3.8) is 0 Å². The Bertz CT molecular complexity index is 316. The molecule has 1 heterocycles. The van der Waals surface area contributed by atoms with Crippen molar-refractivity contribution in [2.45, 2.75) is 80.2 Å². The molecule has 1 nitrogen and oxygen atoms in total. The molecule has 0 saturated carbocycles. The molecule has 0 saturated heterocycles. The predicted molar refractivity (Wildman–Crippen MR) is 95.5 cm³/mol. The molecule has 0 bridgehead atoms. The highest BCUT2D eigenvalue weighted by Gasteiger charge is 2.35. The highest BCUT2D eigenvalue weighted by atomic mass is 14.9. The molecule has 0 aromatic rings. The first-order chi connectivity index (χ1) is 9.83. The molecular formula is C20H39N. The van der Waals surface area contributed by atoms with Gasteiger partial charge in [0.15, 0.2) is 0 Å². The maximum Gasteiger partial charge on any atom is 0.0137 e. The summed E-state index contributed by atoms with van der Waals surface area (Å²) in [6.07, 6.45) is 9.97. The molecule has 1 N–H and O–H groups in total. The summed E-state index contributed by atoms with van der Waals surface area (Å²) in [5.41, 5.74) is 0.446. The van der Waals surface area contributed by atoms with E-state index in [0.717, 1.165) is 24.3 Å². The molecule has 0 aromatic carbocycles. The Balaban J connectivity index is 3.04. The van der Waals surface area contributed by atoms with Crippen molar-refractivity contribution in [3.8, 4) is 0 Å². The zero-order chi connectivity index (χ0) is 16.0. The summed E-state index contributed by atoms with van der Waals surface area (Å²) in [6.45, 7) is 17.9. The van der Waals surface area contributed by atoms with Crippen LogP contribution in [0.5, 0.6) is 0 Å². The molecule has 4 atom stereocenters. The molecule has 0 amide bonds. The molecule has 4 unspecified atom stereocenters. The number of hydrogen-bond donors (Lipinski definition) is 1. The van der Waals surface area contributed by atoms with Crippen LogP contribution in [0.2, 0.25) is 0 Å². The lowest BCUT2D eigenvalue weighted by atomic mass is 9.67. The first kappa shape index (κ1) is 18.7. The van der Waals surface area contributed by atoms with Crippen LogP contribution in [0.4, 0.5) is 0 Å². The number of nitrogens with one attached hydrogen (secondary N) is 1. The van der Waals surface area contributed by atoms with E-state index in [4.69, 9.17) is 0 Å². The molecule has 1 rings (SSSR count). The highest BCUT2D eigenvalue weighted by molar-refractivity contribution is 4.96. The Morgan fingerprint density at radius 1 is 1.14 bits per heavy atom. The van der Waals surface area contributed by atoms with Crippen LogP contribution in [0.1, 0.15) is 74.1 Å². The maximum absolute atomic E-state index is 3.83. The van der Waals surface area contributed by atoms with Crippen molar-refractivity contribution in [2.75, 3.05) is 6.54 Å². The van der Waals surface area contributed by atoms with Gasteiger partial charge in [-0.25, -0.2) is 0 Å². The van der Waals surface area contributed by atoms with E-state index in [1.165, 1.54) is 25.7 Å². The molecular weight excluding hydrogens is 254 g/mol. The monoisotopic (exact) mass is 293 g/mol. The fraction of sp³-hybridized carbons (Fsp3) is 0.900. The minimum atomic E-state index is 0.446. The SMILES string of the molecule is CCC(C)C1CC(C(C)(C)CC)C/C=C\CNC1C(C)C. The van der Waals surface area contributed by atoms with E-state index in [0.29, 0.717) is 17.4 Å². The van der Waals surface area contributed by atoms with Crippen molar-refractivity contribution in [2.24, 2.45) is 29.1 Å². The third-order valence-corrected chi connectivity index (χ3v) is 6.19. The first-order valence-electron chi connectivity index (χ1n) is 9.21. The Hall–Kier alpha value is -0.300. The standard InChI is InChI=1S/C20H39N/c1-8-16(5)18-14-17(20(6,7)9-2)12-10-11-13-21-19(18)15(3)4/h10-11,15-19,21H,8-9,12-14H2,1-7H3/b11-10-. The molecule has 0 aliphatic carbocycles. The van der Waals surface area contributed by atoms with Crippen molar-refractivity contribution >= 4 is 0 Å².